The normalized spacial score (nSPS) is 14.1. The summed E-state index contributed by atoms with van der Waals surface area (Å²) in [6, 6.07) is 24.1. The van der Waals surface area contributed by atoms with Crippen molar-refractivity contribution in [3.8, 4) is 11.1 Å². The largest absolute Gasteiger partial charge is 0.467 e. The van der Waals surface area contributed by atoms with Gasteiger partial charge in [-0.15, -0.1) is 0 Å². The first-order valence-electron chi connectivity index (χ1n) is 10.5. The number of hydrogen-bond acceptors (Lipinski definition) is 5. The molecular weight excluding hydrogens is 406 g/mol. The van der Waals surface area contributed by atoms with E-state index in [4.69, 9.17) is 9.47 Å². The molecule has 0 aromatic heterocycles. The van der Waals surface area contributed by atoms with E-state index < -0.39 is 24.2 Å². The number of ether oxygens (including phenoxy) is 2. The van der Waals surface area contributed by atoms with Crippen molar-refractivity contribution in [2.75, 3.05) is 13.7 Å². The van der Waals surface area contributed by atoms with Crippen LogP contribution < -0.4 is 5.32 Å². The molecule has 3 aromatic rings. The number of amides is 1. The summed E-state index contributed by atoms with van der Waals surface area (Å²) in [6.07, 6.45) is -1.76. The van der Waals surface area contributed by atoms with Gasteiger partial charge in [-0.05, 0) is 27.8 Å². The van der Waals surface area contributed by atoms with Gasteiger partial charge in [-0.2, -0.15) is 0 Å². The monoisotopic (exact) mass is 431 g/mol. The van der Waals surface area contributed by atoms with Gasteiger partial charge in [0.1, 0.15) is 6.61 Å². The Morgan fingerprint density at radius 2 is 1.47 bits per heavy atom. The van der Waals surface area contributed by atoms with Gasteiger partial charge in [0.15, 0.2) is 6.04 Å². The van der Waals surface area contributed by atoms with Gasteiger partial charge in [-0.25, -0.2) is 9.59 Å². The molecule has 1 aliphatic rings. The molecule has 164 valence electrons. The Hall–Kier alpha value is -3.64. The number of carbonyl (C=O) groups is 2. The van der Waals surface area contributed by atoms with Crippen LogP contribution in [0.3, 0.4) is 0 Å². The third-order valence-electron chi connectivity index (χ3n) is 5.74. The molecule has 0 fully saturated rings. The fourth-order valence-electron chi connectivity index (χ4n) is 4.18. The van der Waals surface area contributed by atoms with E-state index in [1.54, 1.807) is 0 Å². The molecule has 0 unspecified atom stereocenters. The molecule has 0 aliphatic heterocycles. The highest BCUT2D eigenvalue weighted by atomic mass is 16.6. The maximum Gasteiger partial charge on any atom is 0.407 e. The zero-order chi connectivity index (χ0) is 22.5. The lowest BCUT2D eigenvalue weighted by atomic mass is 9.98. The van der Waals surface area contributed by atoms with Gasteiger partial charge in [0, 0.05) is 12.3 Å². The summed E-state index contributed by atoms with van der Waals surface area (Å²) < 4.78 is 10.3. The van der Waals surface area contributed by atoms with E-state index in [-0.39, 0.29) is 18.9 Å². The third kappa shape index (κ3) is 4.50. The average Bonchev–Trinajstić information content (AvgIpc) is 3.15. The van der Waals surface area contributed by atoms with Crippen molar-refractivity contribution in [2.45, 2.75) is 24.5 Å². The second kappa shape index (κ2) is 9.66. The number of carbonyl (C=O) groups excluding carboxylic acids is 2. The van der Waals surface area contributed by atoms with Crippen LogP contribution in [-0.4, -0.2) is 43.0 Å². The molecule has 6 nitrogen and oxygen atoms in total. The Morgan fingerprint density at radius 1 is 0.906 bits per heavy atom. The lowest BCUT2D eigenvalue weighted by molar-refractivity contribution is -0.146. The number of aliphatic hydroxyl groups is 1. The smallest absolute Gasteiger partial charge is 0.407 e. The minimum atomic E-state index is -1.24. The second-order valence-electron chi connectivity index (χ2n) is 7.73. The van der Waals surface area contributed by atoms with Crippen LogP contribution in [0.25, 0.3) is 11.1 Å². The SMILES string of the molecule is COC(=O)[C@@H](NC(=O)OCC1c2ccccc2-c2ccccc21)[C@H](O)Cc1ccccc1. The van der Waals surface area contributed by atoms with Crippen molar-refractivity contribution < 1.29 is 24.2 Å². The summed E-state index contributed by atoms with van der Waals surface area (Å²) in [5.74, 6) is -0.832. The maximum atomic E-state index is 12.6. The van der Waals surface area contributed by atoms with Gasteiger partial charge in [0.05, 0.1) is 13.2 Å². The van der Waals surface area contributed by atoms with E-state index in [2.05, 4.69) is 17.4 Å². The highest BCUT2D eigenvalue weighted by Gasteiger charge is 2.32. The summed E-state index contributed by atoms with van der Waals surface area (Å²) in [5.41, 5.74) is 5.28. The quantitative estimate of drug-likeness (QED) is 0.558. The molecule has 3 aromatic carbocycles. The highest BCUT2D eigenvalue weighted by molar-refractivity contribution is 5.82. The Bertz CT molecular complexity index is 1050. The first-order chi connectivity index (χ1) is 15.6. The number of nitrogens with one attached hydrogen (secondary N) is 1. The number of esters is 1. The number of alkyl carbamates (subject to hydrolysis) is 1. The first kappa shape index (κ1) is 21.6. The average molecular weight is 431 g/mol. The molecule has 2 N–H and O–H groups in total. The molecule has 32 heavy (non-hydrogen) atoms. The van der Waals surface area contributed by atoms with E-state index in [0.717, 1.165) is 27.8 Å². The van der Waals surface area contributed by atoms with Crippen molar-refractivity contribution in [1.82, 2.24) is 5.32 Å². The molecule has 1 amide bonds. The predicted molar refractivity (Wildman–Crippen MR) is 120 cm³/mol. The molecule has 0 saturated heterocycles. The van der Waals surface area contributed by atoms with Crippen molar-refractivity contribution >= 4 is 12.1 Å². The Balaban J connectivity index is 1.43. The zero-order valence-corrected chi connectivity index (χ0v) is 17.7. The molecule has 0 spiro atoms. The van der Waals surface area contributed by atoms with Crippen LogP contribution in [0.2, 0.25) is 0 Å². The first-order valence-corrected chi connectivity index (χ1v) is 10.5. The molecule has 0 radical (unpaired) electrons. The van der Waals surface area contributed by atoms with Crippen LogP contribution >= 0.6 is 0 Å². The van der Waals surface area contributed by atoms with Gasteiger partial charge in [-0.1, -0.05) is 78.9 Å². The number of fused-ring (bicyclic) bond motifs is 3. The number of hydrogen-bond donors (Lipinski definition) is 2. The standard InChI is InChI=1S/C26H25NO5/c1-31-25(29)24(23(28)15-17-9-3-2-4-10-17)27-26(30)32-16-22-20-13-7-5-11-18(20)19-12-6-8-14-21(19)22/h2-14,22-24,28H,15-16H2,1H3,(H,27,30)/t23-,24+/m1/s1. The van der Waals surface area contributed by atoms with Gasteiger partial charge < -0.3 is 19.9 Å². The topological polar surface area (TPSA) is 84.9 Å². The summed E-state index contributed by atoms with van der Waals surface area (Å²) in [4.78, 5) is 24.8. The molecule has 4 rings (SSSR count). The number of rotatable bonds is 7. The zero-order valence-electron chi connectivity index (χ0n) is 17.7. The van der Waals surface area contributed by atoms with Crippen molar-refractivity contribution in [2.24, 2.45) is 0 Å². The molecule has 0 saturated carbocycles. The Morgan fingerprint density at radius 3 is 2.06 bits per heavy atom. The second-order valence-corrected chi connectivity index (χ2v) is 7.73. The summed E-state index contributed by atoms with van der Waals surface area (Å²) in [5, 5.41) is 13.1. The number of benzene rings is 3. The molecule has 1 aliphatic carbocycles. The van der Waals surface area contributed by atoms with E-state index in [1.807, 2.05) is 66.7 Å². The molecule has 0 heterocycles. The van der Waals surface area contributed by atoms with Crippen molar-refractivity contribution in [3.63, 3.8) is 0 Å². The van der Waals surface area contributed by atoms with Gasteiger partial charge >= 0.3 is 12.1 Å². The van der Waals surface area contributed by atoms with Gasteiger partial charge in [-0.3, -0.25) is 0 Å². The number of aliphatic hydroxyl groups excluding tert-OH is 1. The van der Waals surface area contributed by atoms with Gasteiger partial charge in [0.25, 0.3) is 0 Å². The molecule has 6 heteroatoms. The fourth-order valence-corrected chi connectivity index (χ4v) is 4.18. The molecular formula is C26H25NO5. The van der Waals surface area contributed by atoms with Gasteiger partial charge in [0.2, 0.25) is 0 Å². The van der Waals surface area contributed by atoms with Crippen LogP contribution in [0.5, 0.6) is 0 Å². The molecule has 0 bridgehead atoms. The van der Waals surface area contributed by atoms with Crippen LogP contribution in [-0.2, 0) is 20.7 Å². The Kier molecular flexibility index (Phi) is 6.52. The third-order valence-corrected chi connectivity index (χ3v) is 5.74. The number of methoxy groups -OCH3 is 1. The lowest BCUT2D eigenvalue weighted by Gasteiger charge is -2.22. The van der Waals surface area contributed by atoms with Crippen molar-refractivity contribution in [3.05, 3.63) is 95.6 Å². The minimum Gasteiger partial charge on any atom is -0.467 e. The maximum absolute atomic E-state index is 12.6. The van der Waals surface area contributed by atoms with E-state index >= 15 is 0 Å². The van der Waals surface area contributed by atoms with Crippen LogP contribution in [0, 0.1) is 0 Å². The predicted octanol–water partition coefficient (Wildman–Crippen LogP) is 3.67. The van der Waals surface area contributed by atoms with Crippen molar-refractivity contribution in [1.29, 1.82) is 0 Å². The summed E-state index contributed by atoms with van der Waals surface area (Å²) in [7, 11) is 1.21. The molecule has 2 atom stereocenters. The Labute approximate surface area is 186 Å². The van der Waals surface area contributed by atoms with E-state index in [0.29, 0.717) is 0 Å². The van der Waals surface area contributed by atoms with Crippen LogP contribution in [0.4, 0.5) is 4.79 Å². The van der Waals surface area contributed by atoms with Crippen LogP contribution in [0.1, 0.15) is 22.6 Å². The fraction of sp³-hybridized carbons (Fsp3) is 0.231. The highest BCUT2D eigenvalue weighted by Crippen LogP contribution is 2.44. The van der Waals surface area contributed by atoms with Crippen LogP contribution in [0.15, 0.2) is 78.9 Å². The van der Waals surface area contributed by atoms with E-state index in [1.165, 1.54) is 7.11 Å². The lowest BCUT2D eigenvalue weighted by Crippen LogP contribution is -2.50. The summed E-state index contributed by atoms with van der Waals surface area (Å²) >= 11 is 0. The van der Waals surface area contributed by atoms with E-state index in [9.17, 15) is 14.7 Å². The minimum absolute atomic E-state index is 0.0982. The summed E-state index contributed by atoms with van der Waals surface area (Å²) in [6.45, 7) is 0.114.